The van der Waals surface area contributed by atoms with Crippen molar-refractivity contribution in [3.8, 4) is 11.5 Å². The highest BCUT2D eigenvalue weighted by atomic mass is 79.9. The third-order valence-corrected chi connectivity index (χ3v) is 5.06. The van der Waals surface area contributed by atoms with Gasteiger partial charge in [0.05, 0.1) is 22.6 Å². The molecule has 0 bridgehead atoms. The van der Waals surface area contributed by atoms with Crippen molar-refractivity contribution in [2.45, 2.75) is 26.9 Å². The van der Waals surface area contributed by atoms with Gasteiger partial charge in [0.2, 0.25) is 0 Å². The van der Waals surface area contributed by atoms with Crippen molar-refractivity contribution in [1.29, 1.82) is 0 Å². The predicted molar refractivity (Wildman–Crippen MR) is 102 cm³/mol. The molecule has 0 radical (unpaired) electrons. The number of hydrogen-bond donors (Lipinski definition) is 0. The van der Waals surface area contributed by atoms with Crippen LogP contribution < -0.4 is 9.47 Å². The molecule has 0 saturated carbocycles. The fourth-order valence-corrected chi connectivity index (χ4v) is 4.03. The number of halogens is 1. The van der Waals surface area contributed by atoms with Gasteiger partial charge < -0.3 is 9.47 Å². The van der Waals surface area contributed by atoms with Gasteiger partial charge in [-0.05, 0) is 60.5 Å². The van der Waals surface area contributed by atoms with Gasteiger partial charge in [0.25, 0.3) is 5.91 Å². The number of benzene rings is 1. The molecular weight excluding hydrogens is 398 g/mol. The van der Waals surface area contributed by atoms with Gasteiger partial charge in [-0.15, -0.1) is 0 Å². The molecule has 1 saturated heterocycles. The van der Waals surface area contributed by atoms with Crippen LogP contribution in [0.1, 0.15) is 26.3 Å². The Bertz CT molecular complexity index is 674. The van der Waals surface area contributed by atoms with Crippen LogP contribution in [0.15, 0.2) is 21.5 Å². The maximum Gasteiger partial charge on any atom is 0.266 e. The van der Waals surface area contributed by atoms with Crippen LogP contribution in [0.2, 0.25) is 0 Å². The molecule has 124 valence electrons. The lowest BCUT2D eigenvalue weighted by Crippen LogP contribution is -2.27. The summed E-state index contributed by atoms with van der Waals surface area (Å²) in [5.74, 6) is 1.21. The molecule has 0 unspecified atom stereocenters. The quantitative estimate of drug-likeness (QED) is 0.523. The highest BCUT2D eigenvalue weighted by Gasteiger charge is 2.30. The standard InChI is InChI=1S/C16H18BrNO3S2/c1-5-18-15(19)13(23-16(18)22)8-10-6-11(17)14(21-9(2)3)12(7-10)20-4/h6-9H,5H2,1-4H3/b13-8+. The van der Waals surface area contributed by atoms with E-state index in [1.807, 2.05) is 39.0 Å². The van der Waals surface area contributed by atoms with Gasteiger partial charge in [-0.3, -0.25) is 9.69 Å². The zero-order valence-corrected chi connectivity index (χ0v) is 16.6. The first-order valence-electron chi connectivity index (χ1n) is 7.16. The fourth-order valence-electron chi connectivity index (χ4n) is 2.10. The zero-order chi connectivity index (χ0) is 17.1. The van der Waals surface area contributed by atoms with Crippen molar-refractivity contribution in [2.24, 2.45) is 0 Å². The lowest BCUT2D eigenvalue weighted by Gasteiger charge is -2.16. The van der Waals surface area contributed by atoms with Crippen LogP contribution in [0, 0.1) is 0 Å². The number of carbonyl (C=O) groups is 1. The van der Waals surface area contributed by atoms with Crippen molar-refractivity contribution < 1.29 is 14.3 Å². The highest BCUT2D eigenvalue weighted by molar-refractivity contribution is 9.10. The summed E-state index contributed by atoms with van der Waals surface area (Å²) in [6, 6.07) is 3.75. The Balaban J connectivity index is 2.38. The molecular formula is C16H18BrNO3S2. The summed E-state index contributed by atoms with van der Waals surface area (Å²) in [6.45, 7) is 6.40. The maximum atomic E-state index is 12.3. The molecule has 0 N–H and O–H groups in total. The largest absolute Gasteiger partial charge is 0.493 e. The Hall–Kier alpha value is -1.05. The van der Waals surface area contributed by atoms with E-state index in [1.165, 1.54) is 11.8 Å². The van der Waals surface area contributed by atoms with E-state index in [1.54, 1.807) is 12.0 Å². The summed E-state index contributed by atoms with van der Waals surface area (Å²) in [5.41, 5.74) is 0.849. The second kappa shape index (κ2) is 7.68. The van der Waals surface area contributed by atoms with Crippen molar-refractivity contribution in [3.05, 3.63) is 27.1 Å². The van der Waals surface area contributed by atoms with E-state index in [-0.39, 0.29) is 12.0 Å². The molecule has 1 aliphatic heterocycles. The molecule has 1 aliphatic rings. The molecule has 0 aromatic heterocycles. The molecule has 2 rings (SSSR count). The molecule has 0 aliphatic carbocycles. The number of ether oxygens (including phenoxy) is 2. The Labute approximate surface area is 154 Å². The van der Waals surface area contributed by atoms with Gasteiger partial charge in [0.15, 0.2) is 11.5 Å². The van der Waals surface area contributed by atoms with Gasteiger partial charge in [-0.2, -0.15) is 0 Å². The van der Waals surface area contributed by atoms with Gasteiger partial charge in [-0.25, -0.2) is 0 Å². The van der Waals surface area contributed by atoms with Crippen LogP contribution in [0.4, 0.5) is 0 Å². The molecule has 0 atom stereocenters. The second-order valence-electron chi connectivity index (χ2n) is 5.13. The van der Waals surface area contributed by atoms with Gasteiger partial charge in [0.1, 0.15) is 4.32 Å². The minimum absolute atomic E-state index is 0.0341. The Kier molecular flexibility index (Phi) is 6.11. The maximum absolute atomic E-state index is 12.3. The minimum Gasteiger partial charge on any atom is -0.493 e. The molecule has 1 heterocycles. The molecule has 4 nitrogen and oxygen atoms in total. The van der Waals surface area contributed by atoms with Crippen LogP contribution in [0.25, 0.3) is 6.08 Å². The first-order valence-corrected chi connectivity index (χ1v) is 9.18. The summed E-state index contributed by atoms with van der Waals surface area (Å²) in [5, 5.41) is 0. The number of amides is 1. The van der Waals surface area contributed by atoms with E-state index < -0.39 is 0 Å². The topological polar surface area (TPSA) is 38.8 Å². The smallest absolute Gasteiger partial charge is 0.266 e. The van der Waals surface area contributed by atoms with Crippen molar-refractivity contribution in [3.63, 3.8) is 0 Å². The van der Waals surface area contributed by atoms with Crippen LogP contribution >= 0.6 is 39.9 Å². The SMILES string of the molecule is CCN1C(=O)/C(=C\c2cc(Br)c(OC(C)C)c(OC)c2)SC1=S. The first kappa shape index (κ1) is 18.3. The third kappa shape index (κ3) is 4.08. The van der Waals surface area contributed by atoms with Crippen molar-refractivity contribution in [1.82, 2.24) is 4.90 Å². The normalized spacial score (nSPS) is 16.6. The average Bonchev–Trinajstić information content (AvgIpc) is 2.75. The average molecular weight is 416 g/mol. The van der Waals surface area contributed by atoms with Gasteiger partial charge in [-0.1, -0.05) is 24.0 Å². The van der Waals surface area contributed by atoms with Gasteiger partial charge in [0, 0.05) is 6.54 Å². The molecule has 23 heavy (non-hydrogen) atoms. The Morgan fingerprint density at radius 1 is 1.43 bits per heavy atom. The van der Waals surface area contributed by atoms with Crippen LogP contribution in [0.3, 0.4) is 0 Å². The number of likely N-dealkylation sites (N-methyl/N-ethyl adjacent to an activating group) is 1. The van der Waals surface area contributed by atoms with Gasteiger partial charge >= 0.3 is 0 Å². The molecule has 7 heteroatoms. The van der Waals surface area contributed by atoms with Crippen LogP contribution in [0.5, 0.6) is 11.5 Å². The summed E-state index contributed by atoms with van der Waals surface area (Å²) >= 11 is 10.0. The number of methoxy groups -OCH3 is 1. The highest BCUT2D eigenvalue weighted by Crippen LogP contribution is 2.39. The number of thioether (sulfide) groups is 1. The van der Waals surface area contributed by atoms with Crippen LogP contribution in [-0.4, -0.2) is 34.9 Å². The van der Waals surface area contributed by atoms with E-state index >= 15 is 0 Å². The van der Waals surface area contributed by atoms with E-state index in [4.69, 9.17) is 21.7 Å². The zero-order valence-electron chi connectivity index (χ0n) is 13.4. The summed E-state index contributed by atoms with van der Waals surface area (Å²) in [4.78, 5) is 14.5. The number of thiocarbonyl (C=S) groups is 1. The van der Waals surface area contributed by atoms with E-state index in [2.05, 4.69) is 15.9 Å². The number of rotatable bonds is 5. The van der Waals surface area contributed by atoms with E-state index in [9.17, 15) is 4.79 Å². The predicted octanol–water partition coefficient (Wildman–Crippen LogP) is 4.47. The molecule has 1 amide bonds. The monoisotopic (exact) mass is 415 g/mol. The lowest BCUT2D eigenvalue weighted by molar-refractivity contribution is -0.121. The van der Waals surface area contributed by atoms with Crippen molar-refractivity contribution >= 4 is 56.2 Å². The number of hydrogen-bond acceptors (Lipinski definition) is 5. The summed E-state index contributed by atoms with van der Waals surface area (Å²) in [7, 11) is 1.59. The summed E-state index contributed by atoms with van der Waals surface area (Å²) < 4.78 is 12.6. The lowest BCUT2D eigenvalue weighted by atomic mass is 10.2. The van der Waals surface area contributed by atoms with Crippen molar-refractivity contribution in [2.75, 3.05) is 13.7 Å². The Morgan fingerprint density at radius 2 is 2.13 bits per heavy atom. The minimum atomic E-state index is -0.0555. The third-order valence-electron chi connectivity index (χ3n) is 3.09. The van der Waals surface area contributed by atoms with E-state index in [0.29, 0.717) is 27.3 Å². The molecule has 1 aromatic rings. The molecule has 1 fully saturated rings. The first-order chi connectivity index (χ1) is 10.9. The molecule has 1 aromatic carbocycles. The molecule has 0 spiro atoms. The number of carbonyl (C=O) groups excluding carboxylic acids is 1. The number of nitrogens with zero attached hydrogens (tertiary/aromatic N) is 1. The van der Waals surface area contributed by atoms with E-state index in [0.717, 1.165) is 10.0 Å². The van der Waals surface area contributed by atoms with Crippen LogP contribution in [-0.2, 0) is 4.79 Å². The summed E-state index contributed by atoms with van der Waals surface area (Å²) in [6.07, 6.45) is 1.85. The second-order valence-corrected chi connectivity index (χ2v) is 7.66. The fraction of sp³-hybridized carbons (Fsp3) is 0.375. The Morgan fingerprint density at radius 3 is 2.65 bits per heavy atom.